The van der Waals surface area contributed by atoms with Crippen LogP contribution in [0.4, 0.5) is 0 Å². The van der Waals surface area contributed by atoms with Crippen molar-refractivity contribution in [2.75, 3.05) is 26.7 Å². The lowest BCUT2D eigenvalue weighted by atomic mass is 10.00. The van der Waals surface area contributed by atoms with Crippen molar-refractivity contribution in [1.29, 1.82) is 0 Å². The maximum Gasteiger partial charge on any atom is 0.271 e. The molecule has 1 atom stereocenters. The van der Waals surface area contributed by atoms with Crippen molar-refractivity contribution in [3.05, 3.63) is 88.5 Å². The zero-order chi connectivity index (χ0) is 23.5. The number of nitrogens with one attached hydrogen (secondary N) is 1. The molecule has 1 aromatic heterocycles. The van der Waals surface area contributed by atoms with Gasteiger partial charge in [0.25, 0.3) is 5.91 Å². The summed E-state index contributed by atoms with van der Waals surface area (Å²) in [5.41, 5.74) is 5.13. The van der Waals surface area contributed by atoms with Crippen LogP contribution < -0.4 is 5.32 Å². The molecule has 0 bridgehead atoms. The number of aryl methyl sites for hydroxylation is 1. The van der Waals surface area contributed by atoms with E-state index >= 15 is 0 Å². The molecule has 6 heteroatoms. The highest BCUT2D eigenvalue weighted by atomic mass is 16.5. The fraction of sp³-hybridized carbons (Fsp3) is 0.429. The van der Waals surface area contributed by atoms with Crippen LogP contribution in [0.2, 0.25) is 0 Å². The second-order valence-electron chi connectivity index (χ2n) is 9.51. The number of rotatable bonds is 6. The molecular formula is C28H34N4O2. The lowest BCUT2D eigenvalue weighted by molar-refractivity contribution is -0.0276. The smallest absolute Gasteiger partial charge is 0.271 e. The van der Waals surface area contributed by atoms with E-state index in [4.69, 9.17) is 9.72 Å². The van der Waals surface area contributed by atoms with Crippen LogP contribution in [0.15, 0.2) is 54.6 Å². The second kappa shape index (κ2) is 10.1. The SMILES string of the molecule is Cc1c(C(=O)NCCc2ccccc2)nc2n1CCc1ccccc1C2OC1CCN(C)CC1. The lowest BCUT2D eigenvalue weighted by Crippen LogP contribution is -2.35. The molecule has 0 radical (unpaired) electrons. The Morgan fingerprint density at radius 3 is 2.59 bits per heavy atom. The van der Waals surface area contributed by atoms with Crippen molar-refractivity contribution < 1.29 is 9.53 Å². The summed E-state index contributed by atoms with van der Waals surface area (Å²) in [7, 11) is 2.16. The van der Waals surface area contributed by atoms with E-state index in [0.29, 0.717) is 12.2 Å². The van der Waals surface area contributed by atoms with Gasteiger partial charge in [-0.15, -0.1) is 0 Å². The largest absolute Gasteiger partial charge is 0.362 e. The highest BCUT2D eigenvalue weighted by Gasteiger charge is 2.32. The van der Waals surface area contributed by atoms with Crippen molar-refractivity contribution >= 4 is 5.91 Å². The van der Waals surface area contributed by atoms with Crippen LogP contribution in [0.1, 0.15) is 57.6 Å². The van der Waals surface area contributed by atoms with Gasteiger partial charge in [-0.3, -0.25) is 4.79 Å². The molecular weight excluding hydrogens is 424 g/mol. The van der Waals surface area contributed by atoms with Gasteiger partial charge in [-0.05, 0) is 56.3 Å². The summed E-state index contributed by atoms with van der Waals surface area (Å²) < 4.78 is 8.96. The molecule has 0 aliphatic carbocycles. The molecule has 6 nitrogen and oxygen atoms in total. The number of carbonyl (C=O) groups is 1. The van der Waals surface area contributed by atoms with E-state index in [1.807, 2.05) is 25.1 Å². The number of fused-ring (bicyclic) bond motifs is 2. The van der Waals surface area contributed by atoms with Gasteiger partial charge in [0.1, 0.15) is 17.6 Å². The van der Waals surface area contributed by atoms with Crippen LogP contribution in [0, 0.1) is 6.92 Å². The molecule has 2 aliphatic heterocycles. The molecule has 1 N–H and O–H groups in total. The van der Waals surface area contributed by atoms with Crippen molar-refractivity contribution in [3.63, 3.8) is 0 Å². The Bertz CT molecular complexity index is 1130. The van der Waals surface area contributed by atoms with Crippen LogP contribution >= 0.6 is 0 Å². The Morgan fingerprint density at radius 2 is 1.79 bits per heavy atom. The molecule has 1 fully saturated rings. The van der Waals surface area contributed by atoms with E-state index in [2.05, 4.69) is 58.2 Å². The third-order valence-electron chi connectivity index (χ3n) is 7.18. The molecule has 3 aromatic rings. The van der Waals surface area contributed by atoms with Crippen LogP contribution in [-0.4, -0.2) is 53.1 Å². The van der Waals surface area contributed by atoms with E-state index in [-0.39, 0.29) is 18.1 Å². The highest BCUT2D eigenvalue weighted by molar-refractivity contribution is 5.93. The van der Waals surface area contributed by atoms with Gasteiger partial charge in [0, 0.05) is 31.9 Å². The number of ether oxygens (including phenoxy) is 1. The minimum atomic E-state index is -0.253. The minimum absolute atomic E-state index is 0.111. The molecule has 5 rings (SSSR count). The number of benzene rings is 2. The maximum atomic E-state index is 13.1. The van der Waals surface area contributed by atoms with Gasteiger partial charge in [0.15, 0.2) is 0 Å². The molecule has 2 aliphatic rings. The quantitative estimate of drug-likeness (QED) is 0.608. The van der Waals surface area contributed by atoms with Gasteiger partial charge >= 0.3 is 0 Å². The van der Waals surface area contributed by atoms with E-state index in [9.17, 15) is 4.79 Å². The number of piperidine rings is 1. The monoisotopic (exact) mass is 458 g/mol. The Balaban J connectivity index is 1.39. The summed E-state index contributed by atoms with van der Waals surface area (Å²) in [6.07, 6.45) is 3.68. The zero-order valence-corrected chi connectivity index (χ0v) is 20.2. The summed E-state index contributed by atoms with van der Waals surface area (Å²) in [6, 6.07) is 18.7. The summed E-state index contributed by atoms with van der Waals surface area (Å²) in [5.74, 6) is 0.745. The van der Waals surface area contributed by atoms with E-state index in [0.717, 1.165) is 56.8 Å². The summed E-state index contributed by atoms with van der Waals surface area (Å²) in [4.78, 5) is 20.4. The predicted octanol–water partition coefficient (Wildman–Crippen LogP) is 3.92. The van der Waals surface area contributed by atoms with Gasteiger partial charge in [0.05, 0.1) is 6.10 Å². The van der Waals surface area contributed by atoms with Gasteiger partial charge in [0.2, 0.25) is 0 Å². The van der Waals surface area contributed by atoms with Crippen LogP contribution in [0.5, 0.6) is 0 Å². The number of aromatic nitrogens is 2. The van der Waals surface area contributed by atoms with Gasteiger partial charge < -0.3 is 19.5 Å². The predicted molar refractivity (Wildman–Crippen MR) is 133 cm³/mol. The normalized spacial score (nSPS) is 18.7. The maximum absolute atomic E-state index is 13.1. The number of nitrogens with zero attached hydrogens (tertiary/aromatic N) is 3. The molecule has 1 amide bonds. The first-order chi connectivity index (χ1) is 16.6. The van der Waals surface area contributed by atoms with Crippen molar-refractivity contribution in [2.45, 2.75) is 51.4 Å². The molecule has 34 heavy (non-hydrogen) atoms. The third-order valence-corrected chi connectivity index (χ3v) is 7.18. The molecule has 0 spiro atoms. The second-order valence-corrected chi connectivity index (χ2v) is 9.51. The van der Waals surface area contributed by atoms with Gasteiger partial charge in [-0.25, -0.2) is 4.98 Å². The number of carbonyl (C=O) groups excluding carboxylic acids is 1. The fourth-order valence-electron chi connectivity index (χ4n) is 5.14. The first kappa shape index (κ1) is 22.8. The highest BCUT2D eigenvalue weighted by Crippen LogP contribution is 2.35. The lowest BCUT2D eigenvalue weighted by Gasteiger charge is -2.32. The molecule has 0 saturated carbocycles. The average Bonchev–Trinajstić information content (AvgIpc) is 3.10. The zero-order valence-electron chi connectivity index (χ0n) is 20.2. The van der Waals surface area contributed by atoms with Crippen molar-refractivity contribution in [2.24, 2.45) is 0 Å². The van der Waals surface area contributed by atoms with E-state index in [1.54, 1.807) is 0 Å². The Hall–Kier alpha value is -2.96. The Labute approximate surface area is 202 Å². The van der Waals surface area contributed by atoms with Crippen molar-refractivity contribution in [1.82, 2.24) is 19.8 Å². The van der Waals surface area contributed by atoms with E-state index < -0.39 is 0 Å². The standard InChI is InChI=1S/C28H34N4O2/c1-20-25(28(33)29-16-12-21-8-4-3-5-9-21)30-27-26(34-23-14-17-31(2)18-15-23)24-11-7-6-10-22(24)13-19-32(20)27/h3-11,23,26H,12-19H2,1-2H3,(H,29,33). The molecule has 178 valence electrons. The van der Waals surface area contributed by atoms with Crippen LogP contribution in [0.25, 0.3) is 0 Å². The fourth-order valence-corrected chi connectivity index (χ4v) is 5.14. The number of likely N-dealkylation sites (tertiary alicyclic amines) is 1. The van der Waals surface area contributed by atoms with Crippen molar-refractivity contribution in [3.8, 4) is 0 Å². The van der Waals surface area contributed by atoms with Gasteiger partial charge in [-0.2, -0.15) is 0 Å². The van der Waals surface area contributed by atoms with Crippen LogP contribution in [0.3, 0.4) is 0 Å². The number of hydrogen-bond acceptors (Lipinski definition) is 4. The van der Waals surface area contributed by atoms with Gasteiger partial charge in [-0.1, -0.05) is 54.6 Å². The minimum Gasteiger partial charge on any atom is -0.362 e. The molecule has 3 heterocycles. The topological polar surface area (TPSA) is 59.4 Å². The first-order valence-electron chi connectivity index (χ1n) is 12.4. The number of amides is 1. The summed E-state index contributed by atoms with van der Waals surface area (Å²) in [5, 5.41) is 3.07. The molecule has 1 unspecified atom stereocenters. The Morgan fingerprint density at radius 1 is 1.06 bits per heavy atom. The molecule has 2 aromatic carbocycles. The third kappa shape index (κ3) is 4.79. The summed E-state index contributed by atoms with van der Waals surface area (Å²) in [6.45, 7) is 5.48. The van der Waals surface area contributed by atoms with E-state index in [1.165, 1.54) is 16.7 Å². The summed E-state index contributed by atoms with van der Waals surface area (Å²) >= 11 is 0. The average molecular weight is 459 g/mol. The molecule has 1 saturated heterocycles. The van der Waals surface area contributed by atoms with Crippen LogP contribution in [-0.2, 0) is 24.1 Å². The number of hydrogen-bond donors (Lipinski definition) is 1. The number of imidazole rings is 1. The first-order valence-corrected chi connectivity index (χ1v) is 12.4. The Kier molecular flexibility index (Phi) is 6.79.